The average Bonchev–Trinajstić information content (AvgIpc) is 2.09. The minimum Gasteiger partial charge on any atom is -0.258 e. The smallest absolute Gasteiger partial charge is 0.258 e. The molecule has 0 fully saturated rings. The lowest BCUT2D eigenvalue weighted by atomic mass is 10.2. The standard InChI is InChI=1S/C7H6Cl2N2O2/c1-2-4-5(11(12)13)3-10-7(9)6(4)8/h3H,2H2,1H3. The quantitative estimate of drug-likeness (QED) is 0.438. The van der Waals surface area contributed by atoms with Gasteiger partial charge in [-0.1, -0.05) is 30.1 Å². The molecule has 0 spiro atoms. The molecule has 4 nitrogen and oxygen atoms in total. The second kappa shape index (κ2) is 3.89. The summed E-state index contributed by atoms with van der Waals surface area (Å²) < 4.78 is 0. The van der Waals surface area contributed by atoms with Crippen LogP contribution in [0.1, 0.15) is 12.5 Å². The van der Waals surface area contributed by atoms with Crippen LogP contribution in [0.5, 0.6) is 0 Å². The van der Waals surface area contributed by atoms with Gasteiger partial charge in [0, 0.05) is 0 Å². The highest BCUT2D eigenvalue weighted by molar-refractivity contribution is 6.41. The zero-order chi connectivity index (χ0) is 10.0. The van der Waals surface area contributed by atoms with E-state index >= 15 is 0 Å². The molecule has 0 saturated carbocycles. The van der Waals surface area contributed by atoms with E-state index in [0.29, 0.717) is 12.0 Å². The molecule has 13 heavy (non-hydrogen) atoms. The highest BCUT2D eigenvalue weighted by atomic mass is 35.5. The molecule has 0 bridgehead atoms. The summed E-state index contributed by atoms with van der Waals surface area (Å²) >= 11 is 11.3. The first kappa shape index (κ1) is 10.2. The fourth-order valence-corrected chi connectivity index (χ4v) is 1.43. The largest absolute Gasteiger partial charge is 0.292 e. The van der Waals surface area contributed by atoms with Gasteiger partial charge in [-0.3, -0.25) is 10.1 Å². The Morgan fingerprint density at radius 2 is 2.23 bits per heavy atom. The second-order valence-corrected chi connectivity index (χ2v) is 3.07. The van der Waals surface area contributed by atoms with Gasteiger partial charge in [0.1, 0.15) is 11.3 Å². The average molecular weight is 221 g/mol. The molecule has 1 aromatic heterocycles. The lowest BCUT2D eigenvalue weighted by molar-refractivity contribution is -0.385. The van der Waals surface area contributed by atoms with E-state index in [4.69, 9.17) is 23.2 Å². The van der Waals surface area contributed by atoms with E-state index in [1.807, 2.05) is 0 Å². The number of nitro groups is 1. The van der Waals surface area contributed by atoms with Crippen molar-refractivity contribution >= 4 is 28.9 Å². The predicted molar refractivity (Wildman–Crippen MR) is 50.3 cm³/mol. The fraction of sp³-hybridized carbons (Fsp3) is 0.286. The van der Waals surface area contributed by atoms with Crippen molar-refractivity contribution in [3.63, 3.8) is 0 Å². The summed E-state index contributed by atoms with van der Waals surface area (Å²) in [5, 5.41) is 10.8. The molecule has 0 aliphatic carbocycles. The Morgan fingerprint density at radius 1 is 1.62 bits per heavy atom. The second-order valence-electron chi connectivity index (χ2n) is 2.34. The van der Waals surface area contributed by atoms with E-state index in [1.165, 1.54) is 0 Å². The number of pyridine rings is 1. The third-order valence-corrected chi connectivity index (χ3v) is 2.40. The summed E-state index contributed by atoms with van der Waals surface area (Å²) in [4.78, 5) is 13.6. The van der Waals surface area contributed by atoms with Gasteiger partial charge in [0.2, 0.25) is 0 Å². The Kier molecular flexibility index (Phi) is 3.06. The van der Waals surface area contributed by atoms with Gasteiger partial charge in [-0.05, 0) is 6.42 Å². The Bertz CT molecular complexity index is 355. The SMILES string of the molecule is CCc1c([N+](=O)[O-])cnc(Cl)c1Cl. The summed E-state index contributed by atoms with van der Waals surface area (Å²) in [5.41, 5.74) is 0.337. The molecular formula is C7H6Cl2N2O2. The molecule has 70 valence electrons. The lowest BCUT2D eigenvalue weighted by Crippen LogP contribution is -1.97. The van der Waals surface area contributed by atoms with Crippen LogP contribution in [-0.2, 0) is 6.42 Å². The summed E-state index contributed by atoms with van der Waals surface area (Å²) in [6, 6.07) is 0. The van der Waals surface area contributed by atoms with Gasteiger partial charge in [-0.25, -0.2) is 4.98 Å². The van der Waals surface area contributed by atoms with Gasteiger partial charge in [0.25, 0.3) is 5.69 Å². The van der Waals surface area contributed by atoms with Gasteiger partial charge in [0.15, 0.2) is 0 Å². The number of nitrogens with zero attached hydrogens (tertiary/aromatic N) is 2. The first-order valence-corrected chi connectivity index (χ1v) is 4.30. The van der Waals surface area contributed by atoms with Crippen molar-refractivity contribution in [1.82, 2.24) is 4.98 Å². The van der Waals surface area contributed by atoms with Crippen LogP contribution in [0, 0.1) is 10.1 Å². The van der Waals surface area contributed by atoms with Crippen molar-refractivity contribution < 1.29 is 4.92 Å². The number of hydrogen-bond acceptors (Lipinski definition) is 3. The van der Waals surface area contributed by atoms with Crippen molar-refractivity contribution in [3.05, 3.63) is 32.1 Å². The Hall–Kier alpha value is -0.870. The number of rotatable bonds is 2. The minimum atomic E-state index is -0.520. The number of hydrogen-bond donors (Lipinski definition) is 0. The Labute approximate surface area is 84.6 Å². The van der Waals surface area contributed by atoms with E-state index in [9.17, 15) is 10.1 Å². The van der Waals surface area contributed by atoms with E-state index < -0.39 is 4.92 Å². The lowest BCUT2D eigenvalue weighted by Gasteiger charge is -2.02. The summed E-state index contributed by atoms with van der Waals surface area (Å²) in [5.74, 6) is 0. The maximum absolute atomic E-state index is 10.5. The molecule has 0 aliphatic heterocycles. The first-order chi connectivity index (χ1) is 6.07. The van der Waals surface area contributed by atoms with E-state index in [1.54, 1.807) is 6.92 Å². The monoisotopic (exact) mass is 220 g/mol. The van der Waals surface area contributed by atoms with E-state index in [2.05, 4.69) is 4.98 Å². The number of halogens is 2. The molecule has 1 heterocycles. The van der Waals surface area contributed by atoms with Gasteiger partial charge in [-0.2, -0.15) is 0 Å². The van der Waals surface area contributed by atoms with Gasteiger partial charge < -0.3 is 0 Å². The van der Waals surface area contributed by atoms with Crippen molar-refractivity contribution in [2.45, 2.75) is 13.3 Å². The Balaban J connectivity index is 3.38. The van der Waals surface area contributed by atoms with Crippen molar-refractivity contribution in [2.75, 3.05) is 0 Å². The van der Waals surface area contributed by atoms with Crippen LogP contribution < -0.4 is 0 Å². The molecule has 0 atom stereocenters. The van der Waals surface area contributed by atoms with Crippen molar-refractivity contribution in [2.24, 2.45) is 0 Å². The normalized spacial score (nSPS) is 10.1. The zero-order valence-corrected chi connectivity index (χ0v) is 8.26. The third kappa shape index (κ3) is 1.89. The van der Waals surface area contributed by atoms with Crippen LogP contribution in [-0.4, -0.2) is 9.91 Å². The summed E-state index contributed by atoms with van der Waals surface area (Å²) in [6.07, 6.45) is 1.57. The zero-order valence-electron chi connectivity index (χ0n) is 6.75. The summed E-state index contributed by atoms with van der Waals surface area (Å²) in [6.45, 7) is 1.77. The topological polar surface area (TPSA) is 56.0 Å². The summed E-state index contributed by atoms with van der Waals surface area (Å²) in [7, 11) is 0. The Morgan fingerprint density at radius 3 is 2.69 bits per heavy atom. The molecule has 0 aliphatic rings. The van der Waals surface area contributed by atoms with Crippen LogP contribution in [0.2, 0.25) is 10.2 Å². The molecule has 0 N–H and O–H groups in total. The van der Waals surface area contributed by atoms with Crippen LogP contribution in [0.25, 0.3) is 0 Å². The molecule has 1 aromatic rings. The van der Waals surface area contributed by atoms with E-state index in [-0.39, 0.29) is 15.9 Å². The van der Waals surface area contributed by atoms with Gasteiger partial charge >= 0.3 is 0 Å². The van der Waals surface area contributed by atoms with Crippen LogP contribution in [0.4, 0.5) is 5.69 Å². The molecular weight excluding hydrogens is 215 g/mol. The molecule has 0 unspecified atom stereocenters. The molecule has 6 heteroatoms. The first-order valence-electron chi connectivity index (χ1n) is 3.55. The number of aromatic nitrogens is 1. The highest BCUT2D eigenvalue weighted by Crippen LogP contribution is 2.30. The highest BCUT2D eigenvalue weighted by Gasteiger charge is 2.18. The van der Waals surface area contributed by atoms with Crippen LogP contribution >= 0.6 is 23.2 Å². The molecule has 0 radical (unpaired) electrons. The van der Waals surface area contributed by atoms with Crippen molar-refractivity contribution in [3.8, 4) is 0 Å². The molecule has 1 rings (SSSR count). The van der Waals surface area contributed by atoms with Crippen LogP contribution in [0.3, 0.4) is 0 Å². The van der Waals surface area contributed by atoms with Gasteiger partial charge in [0.05, 0.1) is 15.5 Å². The van der Waals surface area contributed by atoms with Crippen LogP contribution in [0.15, 0.2) is 6.20 Å². The fourth-order valence-electron chi connectivity index (χ4n) is 0.983. The van der Waals surface area contributed by atoms with E-state index in [0.717, 1.165) is 6.20 Å². The molecule has 0 saturated heterocycles. The molecule has 0 amide bonds. The molecule has 0 aromatic carbocycles. The van der Waals surface area contributed by atoms with Gasteiger partial charge in [-0.15, -0.1) is 0 Å². The maximum Gasteiger partial charge on any atom is 0.292 e. The predicted octanol–water partition coefficient (Wildman–Crippen LogP) is 2.86. The minimum absolute atomic E-state index is 0.0862. The maximum atomic E-state index is 10.5. The third-order valence-electron chi connectivity index (χ3n) is 1.61. The van der Waals surface area contributed by atoms with Crippen molar-refractivity contribution in [1.29, 1.82) is 0 Å².